The van der Waals surface area contributed by atoms with Crippen molar-refractivity contribution in [2.75, 3.05) is 44.4 Å². The van der Waals surface area contributed by atoms with E-state index in [4.69, 9.17) is 25.9 Å². The Balaban J connectivity index is 1.19. The summed E-state index contributed by atoms with van der Waals surface area (Å²) in [5.41, 5.74) is -0.721. The number of alkyl halides is 6. The fourth-order valence-electron chi connectivity index (χ4n) is 8.81. The molecule has 0 saturated carbocycles. The molecule has 9 nitrogen and oxygen atoms in total. The number of hydrogen-bond acceptors (Lipinski definition) is 9. The van der Waals surface area contributed by atoms with Crippen molar-refractivity contribution in [3.05, 3.63) is 47.2 Å². The predicted molar refractivity (Wildman–Crippen MR) is 184 cm³/mol. The van der Waals surface area contributed by atoms with Crippen LogP contribution in [0.4, 0.5) is 40.9 Å². The number of rotatable bonds is 7. The summed E-state index contributed by atoms with van der Waals surface area (Å²) in [5, 5.41) is 11.6. The van der Waals surface area contributed by atoms with Crippen LogP contribution < -0.4 is 9.64 Å². The highest BCUT2D eigenvalue weighted by molar-refractivity contribution is 6.03. The highest BCUT2D eigenvalue weighted by Crippen LogP contribution is 2.45. The standard InChI is InChI=1S/C38H35F8N5O4/c1-2-24-26(39)7-5-20-15-23(52)16-25(28(20)24)31-30(40)32-29-27(47-31)8-6-21-17-53-14-4-12-50(21)33(29)49-35(48-32)55-19-36-10-3-13-51(36)22(9-11-36)18-54-34(37(41,42)43)38(44,45)46/h1,5,7,15-16,21-22,34,52H,3-4,6,8-14,17-19H2/t21?,22-,36?/m0/s1. The average Bonchev–Trinajstić information content (AvgIpc) is 3.54. The lowest BCUT2D eigenvalue weighted by atomic mass is 9.95. The molecule has 55 heavy (non-hydrogen) atoms. The van der Waals surface area contributed by atoms with Gasteiger partial charge in [-0.1, -0.05) is 12.0 Å². The topological polar surface area (TPSA) is 93.1 Å². The summed E-state index contributed by atoms with van der Waals surface area (Å²) < 4.78 is 128. The molecule has 6 heterocycles. The number of terminal acetylenes is 1. The minimum Gasteiger partial charge on any atom is -0.508 e. The van der Waals surface area contributed by atoms with Gasteiger partial charge in [0.25, 0.3) is 0 Å². The van der Waals surface area contributed by atoms with Crippen LogP contribution in [0, 0.1) is 24.0 Å². The van der Waals surface area contributed by atoms with Gasteiger partial charge in [0.1, 0.15) is 35.2 Å². The number of phenols is 1. The molecular weight excluding hydrogens is 742 g/mol. The van der Waals surface area contributed by atoms with Crippen LogP contribution >= 0.6 is 0 Å². The summed E-state index contributed by atoms with van der Waals surface area (Å²) in [6.07, 6.45) is -5.99. The van der Waals surface area contributed by atoms with Crippen molar-refractivity contribution in [3.8, 4) is 35.4 Å². The van der Waals surface area contributed by atoms with Crippen LogP contribution in [0.15, 0.2) is 24.3 Å². The van der Waals surface area contributed by atoms with Crippen LogP contribution in [0.3, 0.4) is 0 Å². The van der Waals surface area contributed by atoms with Gasteiger partial charge >= 0.3 is 18.4 Å². The van der Waals surface area contributed by atoms with Crippen molar-refractivity contribution in [1.82, 2.24) is 19.9 Å². The molecular formula is C38H35F8N5O4. The van der Waals surface area contributed by atoms with Crippen LogP contribution in [0.1, 0.15) is 49.8 Å². The molecule has 2 unspecified atom stereocenters. The van der Waals surface area contributed by atoms with E-state index in [2.05, 4.69) is 15.6 Å². The van der Waals surface area contributed by atoms with Crippen molar-refractivity contribution in [2.45, 2.75) is 81.0 Å². The molecule has 0 bridgehead atoms. The molecule has 0 amide bonds. The molecule has 3 fully saturated rings. The molecule has 292 valence electrons. The maximum atomic E-state index is 17.2. The van der Waals surface area contributed by atoms with E-state index in [-0.39, 0.29) is 58.6 Å². The second kappa shape index (κ2) is 13.9. The first kappa shape index (κ1) is 37.4. The largest absolute Gasteiger partial charge is 0.508 e. The van der Waals surface area contributed by atoms with Crippen LogP contribution in [-0.2, 0) is 15.9 Å². The summed E-state index contributed by atoms with van der Waals surface area (Å²) in [5.74, 6) is 0.885. The number of halogens is 8. The maximum Gasteiger partial charge on any atom is 0.423 e. The van der Waals surface area contributed by atoms with E-state index >= 15 is 8.78 Å². The van der Waals surface area contributed by atoms with Gasteiger partial charge in [-0.3, -0.25) is 4.90 Å². The number of hydrogen-bond donors (Lipinski definition) is 1. The number of nitrogens with zero attached hydrogens (tertiary/aromatic N) is 5. The Kier molecular flexibility index (Phi) is 9.45. The second-order valence-electron chi connectivity index (χ2n) is 14.5. The number of phenolic OH excluding ortho intramolecular Hbond substituents is 1. The van der Waals surface area contributed by atoms with Gasteiger partial charge in [0.15, 0.2) is 5.82 Å². The Morgan fingerprint density at radius 1 is 1.00 bits per heavy atom. The minimum absolute atomic E-state index is 0.0563. The zero-order valence-corrected chi connectivity index (χ0v) is 29.2. The van der Waals surface area contributed by atoms with Gasteiger partial charge in [-0.25, -0.2) is 13.8 Å². The van der Waals surface area contributed by atoms with Crippen LogP contribution in [0.2, 0.25) is 0 Å². The highest BCUT2D eigenvalue weighted by Gasteiger charge is 2.59. The van der Waals surface area contributed by atoms with Crippen LogP contribution in [-0.4, -0.2) is 101 Å². The first-order chi connectivity index (χ1) is 26.2. The lowest BCUT2D eigenvalue weighted by molar-refractivity contribution is -0.323. The summed E-state index contributed by atoms with van der Waals surface area (Å²) >= 11 is 0. The number of aryl methyl sites for hydroxylation is 1. The third-order valence-electron chi connectivity index (χ3n) is 11.3. The highest BCUT2D eigenvalue weighted by atomic mass is 19.4. The first-order valence-electron chi connectivity index (χ1n) is 18.0. The Morgan fingerprint density at radius 2 is 1.80 bits per heavy atom. The number of ether oxygens (including phenoxy) is 3. The summed E-state index contributed by atoms with van der Waals surface area (Å²) in [7, 11) is 0. The average molecular weight is 778 g/mol. The molecule has 17 heteroatoms. The van der Waals surface area contributed by atoms with Crippen molar-refractivity contribution in [2.24, 2.45) is 0 Å². The minimum atomic E-state index is -5.62. The molecule has 0 aliphatic carbocycles. The molecule has 0 radical (unpaired) electrons. The van der Waals surface area contributed by atoms with Crippen molar-refractivity contribution < 1.29 is 54.4 Å². The monoisotopic (exact) mass is 777 g/mol. The number of pyridine rings is 1. The summed E-state index contributed by atoms with van der Waals surface area (Å²) in [4.78, 5) is 18.0. The first-order valence-corrected chi connectivity index (χ1v) is 18.0. The number of aromatic nitrogens is 3. The Hall–Kier alpha value is -4.53. The smallest absolute Gasteiger partial charge is 0.423 e. The number of benzene rings is 2. The third-order valence-corrected chi connectivity index (χ3v) is 11.3. The second-order valence-corrected chi connectivity index (χ2v) is 14.5. The van der Waals surface area contributed by atoms with Gasteiger partial charge in [0, 0.05) is 30.1 Å². The van der Waals surface area contributed by atoms with Gasteiger partial charge in [-0.15, -0.1) is 6.42 Å². The molecule has 3 saturated heterocycles. The van der Waals surface area contributed by atoms with E-state index in [1.54, 1.807) is 0 Å². The van der Waals surface area contributed by atoms with Crippen molar-refractivity contribution in [3.63, 3.8) is 0 Å². The normalized spacial score (nSPS) is 23.2. The lowest BCUT2D eigenvalue weighted by Crippen LogP contribution is -2.50. The zero-order chi connectivity index (χ0) is 38.9. The fourth-order valence-corrected chi connectivity index (χ4v) is 8.81. The van der Waals surface area contributed by atoms with Crippen LogP contribution in [0.5, 0.6) is 11.8 Å². The quantitative estimate of drug-likeness (QED) is 0.154. The summed E-state index contributed by atoms with van der Waals surface area (Å²) in [6.45, 7) is 0.966. The van der Waals surface area contributed by atoms with Gasteiger partial charge in [-0.2, -0.15) is 36.3 Å². The lowest BCUT2D eigenvalue weighted by Gasteiger charge is -2.35. The van der Waals surface area contributed by atoms with Crippen molar-refractivity contribution >= 4 is 27.5 Å². The Bertz CT molecular complexity index is 2180. The van der Waals surface area contributed by atoms with Gasteiger partial charge in [0.2, 0.25) is 6.10 Å². The SMILES string of the molecule is C#Cc1c(F)ccc2cc(O)cc(-c3nc4c5c(nc(OCC67CCCN6[C@H](COC(C(F)(F)F)C(F)(F)F)CC7)nc5c3F)N3CCCOCC3CC4)c12. The fraction of sp³-hybridized carbons (Fsp3) is 0.500. The Labute approximate surface area is 309 Å². The number of anilines is 1. The van der Waals surface area contributed by atoms with E-state index in [1.165, 1.54) is 18.2 Å². The molecule has 0 spiro atoms. The van der Waals surface area contributed by atoms with Gasteiger partial charge in [-0.05, 0) is 75.1 Å². The molecule has 1 N–H and O–H groups in total. The van der Waals surface area contributed by atoms with E-state index in [0.717, 1.165) is 6.07 Å². The van der Waals surface area contributed by atoms with E-state index in [1.807, 2.05) is 9.80 Å². The summed E-state index contributed by atoms with van der Waals surface area (Å²) in [6, 6.07) is 4.17. The maximum absolute atomic E-state index is 17.2. The van der Waals surface area contributed by atoms with Crippen molar-refractivity contribution in [1.29, 1.82) is 0 Å². The molecule has 2 aromatic heterocycles. The van der Waals surface area contributed by atoms with E-state index in [9.17, 15) is 31.4 Å². The molecule has 4 aromatic rings. The molecule has 8 rings (SSSR count). The van der Waals surface area contributed by atoms with E-state index < -0.39 is 48.3 Å². The molecule has 4 aliphatic heterocycles. The van der Waals surface area contributed by atoms with E-state index in [0.29, 0.717) is 87.1 Å². The molecule has 2 aromatic carbocycles. The third kappa shape index (κ3) is 6.65. The zero-order valence-electron chi connectivity index (χ0n) is 29.2. The van der Waals surface area contributed by atoms with Gasteiger partial charge in [0.05, 0.1) is 41.4 Å². The molecule has 3 atom stereocenters. The predicted octanol–water partition coefficient (Wildman–Crippen LogP) is 7.24. The number of fused-ring (bicyclic) bond motifs is 4. The number of aromatic hydroxyl groups is 1. The Morgan fingerprint density at radius 3 is 2.56 bits per heavy atom. The van der Waals surface area contributed by atoms with Gasteiger partial charge < -0.3 is 24.2 Å². The molecule has 4 aliphatic rings. The van der Waals surface area contributed by atoms with Crippen LogP contribution in [0.25, 0.3) is 32.9 Å².